The van der Waals surface area contributed by atoms with Crippen LogP contribution in [0.15, 0.2) is 11.3 Å². The predicted octanol–water partition coefficient (Wildman–Crippen LogP) is 0.720. The van der Waals surface area contributed by atoms with Crippen molar-refractivity contribution in [3.63, 3.8) is 0 Å². The van der Waals surface area contributed by atoms with Crippen LogP contribution in [0.25, 0.3) is 0 Å². The molecule has 0 saturated carbocycles. The smallest absolute Gasteiger partial charge is 0.175 e. The van der Waals surface area contributed by atoms with Crippen LogP contribution in [0.3, 0.4) is 0 Å². The fourth-order valence-electron chi connectivity index (χ4n) is 0.761. The third-order valence-electron chi connectivity index (χ3n) is 1.23. The maximum Gasteiger partial charge on any atom is 0.175 e. The topological polar surface area (TPSA) is 62.2 Å². The highest BCUT2D eigenvalue weighted by Gasteiger charge is 2.09. The Hall–Kier alpha value is -1.36. The van der Waals surface area contributed by atoms with Gasteiger partial charge in [0.25, 0.3) is 0 Å². The maximum absolute atomic E-state index is 5.71. The Morgan fingerprint density at radius 3 is 3.09 bits per heavy atom. The molecule has 0 saturated heterocycles. The van der Waals surface area contributed by atoms with Crippen LogP contribution in [0.2, 0.25) is 5.15 Å². The second-order valence-corrected chi connectivity index (χ2v) is 2.25. The molecule has 0 unspecified atom stereocenters. The average Bonchev–Trinajstić information content (AvgIpc) is 2.06. The van der Waals surface area contributed by atoms with E-state index in [0.717, 1.165) is 0 Å². The lowest BCUT2D eigenvalue weighted by atomic mass is 10.5. The molecule has 0 aliphatic carbocycles. The number of aliphatic imine (C=N–C) groups is 1. The molecule has 1 aromatic rings. The van der Waals surface area contributed by atoms with E-state index in [4.69, 9.17) is 11.6 Å². The molecule has 1 aromatic heterocycles. The summed E-state index contributed by atoms with van der Waals surface area (Å²) in [5.74, 6) is 0.590. The first kappa shape index (κ1) is 6.36. The van der Waals surface area contributed by atoms with Gasteiger partial charge in [-0.3, -0.25) is 10.9 Å². The number of aromatic nitrogens is 2. The highest BCUT2D eigenvalue weighted by atomic mass is 35.5. The van der Waals surface area contributed by atoms with E-state index in [0.29, 0.717) is 16.7 Å². The van der Waals surface area contributed by atoms with E-state index >= 15 is 0 Å². The molecule has 0 bridgehead atoms. The zero-order valence-electron chi connectivity index (χ0n) is 5.37. The first-order chi connectivity index (χ1) is 5.38. The summed E-state index contributed by atoms with van der Waals surface area (Å²) >= 11 is 5.71. The molecule has 11 heavy (non-hydrogen) atoms. The van der Waals surface area contributed by atoms with Crippen LogP contribution in [0.4, 0.5) is 11.5 Å². The molecule has 1 aliphatic heterocycles. The lowest BCUT2D eigenvalue weighted by molar-refractivity contribution is 1.04. The Balaban J connectivity index is 2.60. The standard InChI is InChI=1S/C5H4ClN5/c6-4-3-5(9-1-8-4)11-10-2-7-3/h1-2H,(H,7,10)(H,8,9,11). The van der Waals surface area contributed by atoms with Crippen molar-refractivity contribution in [1.82, 2.24) is 15.4 Å². The second kappa shape index (κ2) is 2.35. The highest BCUT2D eigenvalue weighted by molar-refractivity contribution is 6.32. The quantitative estimate of drug-likeness (QED) is 0.562. The molecular formula is C5H4ClN5. The number of hydrogen-bond donors (Lipinski definition) is 2. The summed E-state index contributed by atoms with van der Waals surface area (Å²) in [6.45, 7) is 0. The van der Waals surface area contributed by atoms with E-state index in [1.807, 2.05) is 0 Å². The fourth-order valence-corrected chi connectivity index (χ4v) is 0.943. The van der Waals surface area contributed by atoms with Crippen LogP contribution < -0.4 is 10.9 Å². The Morgan fingerprint density at radius 1 is 1.36 bits per heavy atom. The van der Waals surface area contributed by atoms with Gasteiger partial charge in [-0.15, -0.1) is 0 Å². The summed E-state index contributed by atoms with van der Waals surface area (Å²) in [4.78, 5) is 11.6. The summed E-state index contributed by atoms with van der Waals surface area (Å²) in [5.41, 5.74) is 6.01. The number of hydrazine groups is 1. The van der Waals surface area contributed by atoms with Crippen LogP contribution in [0, 0.1) is 0 Å². The molecule has 1 aliphatic rings. The van der Waals surface area contributed by atoms with Crippen molar-refractivity contribution < 1.29 is 0 Å². The summed E-state index contributed by atoms with van der Waals surface area (Å²) in [6.07, 6.45) is 2.86. The van der Waals surface area contributed by atoms with Gasteiger partial charge in [0, 0.05) is 0 Å². The van der Waals surface area contributed by atoms with Gasteiger partial charge in [-0.2, -0.15) is 0 Å². The van der Waals surface area contributed by atoms with Gasteiger partial charge in [-0.25, -0.2) is 15.0 Å². The number of halogens is 1. The molecule has 0 aromatic carbocycles. The van der Waals surface area contributed by atoms with Crippen molar-refractivity contribution in [3.05, 3.63) is 11.5 Å². The molecule has 5 nitrogen and oxygen atoms in total. The number of anilines is 1. The zero-order chi connectivity index (χ0) is 7.68. The molecule has 0 radical (unpaired) electrons. The van der Waals surface area contributed by atoms with E-state index in [-0.39, 0.29) is 0 Å². The Bertz CT molecular complexity index is 310. The molecule has 2 rings (SSSR count). The second-order valence-electron chi connectivity index (χ2n) is 1.89. The van der Waals surface area contributed by atoms with Crippen molar-refractivity contribution in [2.45, 2.75) is 0 Å². The minimum absolute atomic E-state index is 0.347. The van der Waals surface area contributed by atoms with Crippen molar-refractivity contribution in [3.8, 4) is 0 Å². The third-order valence-corrected chi connectivity index (χ3v) is 1.50. The molecule has 0 spiro atoms. The van der Waals surface area contributed by atoms with Crippen molar-refractivity contribution in [2.24, 2.45) is 4.99 Å². The summed E-state index contributed by atoms with van der Waals surface area (Å²) in [5, 5.41) is 0.347. The van der Waals surface area contributed by atoms with Crippen LogP contribution >= 0.6 is 11.6 Å². The monoisotopic (exact) mass is 169 g/mol. The average molecular weight is 170 g/mol. The minimum Gasteiger partial charge on any atom is -0.289 e. The Kier molecular flexibility index (Phi) is 1.36. The van der Waals surface area contributed by atoms with Crippen molar-refractivity contribution >= 4 is 29.4 Å². The van der Waals surface area contributed by atoms with E-state index in [2.05, 4.69) is 25.8 Å². The summed E-state index contributed by atoms with van der Waals surface area (Å²) in [7, 11) is 0. The number of nitrogens with zero attached hydrogens (tertiary/aromatic N) is 3. The molecular weight excluding hydrogens is 166 g/mol. The van der Waals surface area contributed by atoms with Crippen LogP contribution in [-0.2, 0) is 0 Å². The summed E-state index contributed by atoms with van der Waals surface area (Å²) in [6, 6.07) is 0. The van der Waals surface area contributed by atoms with E-state index in [1.165, 1.54) is 12.7 Å². The number of rotatable bonds is 0. The van der Waals surface area contributed by atoms with E-state index in [9.17, 15) is 0 Å². The van der Waals surface area contributed by atoms with E-state index < -0.39 is 0 Å². The molecule has 6 heteroatoms. The number of hydrogen-bond acceptors (Lipinski definition) is 5. The van der Waals surface area contributed by atoms with Gasteiger partial charge in [0.05, 0.1) is 0 Å². The fraction of sp³-hybridized carbons (Fsp3) is 0. The Morgan fingerprint density at radius 2 is 2.27 bits per heavy atom. The van der Waals surface area contributed by atoms with Gasteiger partial charge < -0.3 is 0 Å². The van der Waals surface area contributed by atoms with Crippen molar-refractivity contribution in [1.29, 1.82) is 0 Å². The van der Waals surface area contributed by atoms with Gasteiger partial charge in [-0.1, -0.05) is 11.6 Å². The van der Waals surface area contributed by atoms with Gasteiger partial charge in [0.1, 0.15) is 18.4 Å². The molecule has 0 fully saturated rings. The van der Waals surface area contributed by atoms with Gasteiger partial charge in [0.2, 0.25) is 0 Å². The van der Waals surface area contributed by atoms with Gasteiger partial charge >= 0.3 is 0 Å². The van der Waals surface area contributed by atoms with Gasteiger partial charge in [-0.05, 0) is 0 Å². The maximum atomic E-state index is 5.71. The van der Waals surface area contributed by atoms with Crippen molar-refractivity contribution in [2.75, 3.05) is 5.43 Å². The van der Waals surface area contributed by atoms with Crippen LogP contribution in [0.1, 0.15) is 0 Å². The first-order valence-corrected chi connectivity index (χ1v) is 3.30. The SMILES string of the molecule is Clc1ncnc2c1N=CNN2. The third kappa shape index (κ3) is 0.988. The van der Waals surface area contributed by atoms with Crippen LogP contribution in [0.5, 0.6) is 0 Å². The minimum atomic E-state index is 0.347. The molecule has 56 valence electrons. The normalized spacial score (nSPS) is 13.2. The molecule has 2 N–H and O–H groups in total. The molecule has 0 amide bonds. The highest BCUT2D eigenvalue weighted by Crippen LogP contribution is 2.29. The zero-order valence-corrected chi connectivity index (χ0v) is 6.13. The van der Waals surface area contributed by atoms with Gasteiger partial charge in [0.15, 0.2) is 11.0 Å². The predicted molar refractivity (Wildman–Crippen MR) is 42.0 cm³/mol. The number of fused-ring (bicyclic) bond motifs is 1. The summed E-state index contributed by atoms with van der Waals surface area (Å²) < 4.78 is 0. The largest absolute Gasteiger partial charge is 0.289 e. The Labute approximate surface area is 67.5 Å². The first-order valence-electron chi connectivity index (χ1n) is 2.92. The van der Waals surface area contributed by atoms with E-state index in [1.54, 1.807) is 0 Å². The lowest BCUT2D eigenvalue weighted by Gasteiger charge is -2.11. The van der Waals surface area contributed by atoms with Crippen LogP contribution in [-0.4, -0.2) is 16.3 Å². The lowest BCUT2D eigenvalue weighted by Crippen LogP contribution is -2.23. The number of nitrogens with one attached hydrogen (secondary N) is 2. The molecule has 2 heterocycles. The molecule has 0 atom stereocenters.